The van der Waals surface area contributed by atoms with Gasteiger partial charge in [-0.15, -0.1) is 0 Å². The number of hydrogen-bond acceptors (Lipinski definition) is 14. The molecule has 10 N–H and O–H groups in total. The van der Waals surface area contributed by atoms with E-state index in [1.165, 1.54) is 32.6 Å². The van der Waals surface area contributed by atoms with Gasteiger partial charge in [-0.3, -0.25) is 14.4 Å². The second-order valence-corrected chi connectivity index (χ2v) is 12.6. The Morgan fingerprint density at radius 2 is 1.47 bits per heavy atom. The molecule has 0 bridgehead atoms. The van der Waals surface area contributed by atoms with Crippen LogP contribution in [0, 0.1) is 0 Å². The molecule has 49 heavy (non-hydrogen) atoms. The van der Waals surface area contributed by atoms with Crippen molar-refractivity contribution in [2.24, 2.45) is 5.73 Å². The van der Waals surface area contributed by atoms with Crippen molar-refractivity contribution >= 4 is 29.7 Å². The normalized spacial score (nSPS) is 36.2. The van der Waals surface area contributed by atoms with Crippen LogP contribution in [0.25, 0.3) is 0 Å². The van der Waals surface area contributed by atoms with Crippen molar-refractivity contribution < 1.29 is 68.5 Å². The number of carbonyl (C=O) groups is 5. The summed E-state index contributed by atoms with van der Waals surface area (Å²) in [6.07, 6.45) is -5.22. The molecule has 12 atom stereocenters. The van der Waals surface area contributed by atoms with Gasteiger partial charge in [0.15, 0.2) is 12.6 Å². The zero-order chi connectivity index (χ0) is 37.2. The highest BCUT2D eigenvalue weighted by atomic mass is 16.7. The van der Waals surface area contributed by atoms with Crippen molar-refractivity contribution in [2.75, 3.05) is 27.2 Å². The van der Waals surface area contributed by atoms with Crippen LogP contribution >= 0.6 is 0 Å². The van der Waals surface area contributed by atoms with E-state index in [1.807, 2.05) is 0 Å². The summed E-state index contributed by atoms with van der Waals surface area (Å²) in [6.45, 7) is 5.83. The van der Waals surface area contributed by atoms with Gasteiger partial charge in [-0.1, -0.05) is 0 Å². The second-order valence-electron chi connectivity index (χ2n) is 12.6. The summed E-state index contributed by atoms with van der Waals surface area (Å²) in [4.78, 5) is 56.4. The number of amides is 3. The third-order valence-corrected chi connectivity index (χ3v) is 8.36. The highest BCUT2D eigenvalue weighted by Crippen LogP contribution is 2.32. The van der Waals surface area contributed by atoms with Crippen molar-refractivity contribution in [3.05, 3.63) is 12.2 Å². The number of aliphatic hydroxyl groups is 3. The van der Waals surface area contributed by atoms with Crippen LogP contribution in [0.5, 0.6) is 0 Å². The van der Waals surface area contributed by atoms with E-state index in [0.717, 1.165) is 0 Å². The predicted octanol–water partition coefficient (Wildman–Crippen LogP) is -3.39. The summed E-state index contributed by atoms with van der Waals surface area (Å²) in [5.74, 6) is -3.31. The molecule has 1 saturated carbocycles. The molecule has 3 amide bonds. The molecule has 0 aromatic carbocycles. The largest absolute Gasteiger partial charge is 0.478 e. The first-order valence-electron chi connectivity index (χ1n) is 15.8. The molecule has 19 heteroatoms. The minimum Gasteiger partial charge on any atom is -0.478 e. The number of carbonyl (C=O) groups excluding carboxylic acids is 3. The van der Waals surface area contributed by atoms with E-state index in [1.54, 1.807) is 14.1 Å². The van der Waals surface area contributed by atoms with Crippen LogP contribution in [-0.2, 0) is 42.9 Å². The number of aliphatic hydroxyl groups excluding tert-OH is 2. The van der Waals surface area contributed by atoms with Crippen LogP contribution in [0.15, 0.2) is 12.2 Å². The van der Waals surface area contributed by atoms with Crippen LogP contribution in [0.4, 0.5) is 0 Å². The summed E-state index contributed by atoms with van der Waals surface area (Å²) in [6, 6.07) is -2.87. The Balaban J connectivity index is 0.000000924. The van der Waals surface area contributed by atoms with Crippen LogP contribution in [0.1, 0.15) is 47.0 Å². The molecule has 3 aliphatic rings. The standard InChI is InChI=1S/C26H47N5O10.C4H4O4/c1-12(32)29-17-8-7-15(10-31(6)14(3)34)39-24(17)41-22-18(30-13(2)33)9-16(27)21(19(22)35)40-25-20(36)23(28-5)26(4,37)11-38-25;5-3(6)1-2-4(7)8/h15-25,28,35-37H,7-11,27H2,1-6H3,(H,29,32)(H,30,33);1-2H,(H,5,6)(H,7,8)/b;2-1-/t15-,16+,17+,18-,19+,20+,21-,22+,23+,24+,25+,26-;/m0./s1. The number of carboxylic acid groups (broad SMARTS) is 2. The fourth-order valence-electron chi connectivity index (χ4n) is 5.97. The molecular formula is C30H51N5O14. The Bertz CT molecular complexity index is 1170. The van der Waals surface area contributed by atoms with E-state index in [0.29, 0.717) is 31.5 Å². The molecule has 2 heterocycles. The number of nitrogens with one attached hydrogen (secondary N) is 3. The van der Waals surface area contributed by atoms with Crippen LogP contribution in [-0.4, -0.2) is 160 Å². The first-order chi connectivity index (χ1) is 22.8. The maximum Gasteiger partial charge on any atom is 0.328 e. The van der Waals surface area contributed by atoms with Crippen LogP contribution < -0.4 is 21.7 Å². The number of carboxylic acids is 2. The molecular weight excluding hydrogens is 654 g/mol. The molecule has 0 aromatic rings. The van der Waals surface area contributed by atoms with Crippen molar-refractivity contribution in [2.45, 2.75) is 120 Å². The van der Waals surface area contributed by atoms with Crippen molar-refractivity contribution in [3.8, 4) is 0 Å². The molecule has 2 aliphatic heterocycles. The molecule has 2 saturated heterocycles. The average Bonchev–Trinajstić information content (AvgIpc) is 2.98. The molecule has 19 nitrogen and oxygen atoms in total. The van der Waals surface area contributed by atoms with E-state index in [4.69, 9.17) is 34.9 Å². The first kappa shape index (κ1) is 41.9. The number of likely N-dealkylation sites (N-methyl/N-ethyl adjacent to an activating group) is 2. The molecule has 280 valence electrons. The zero-order valence-electron chi connectivity index (χ0n) is 28.5. The summed E-state index contributed by atoms with van der Waals surface area (Å²) in [5.41, 5.74) is 5.03. The lowest BCUT2D eigenvalue weighted by molar-refractivity contribution is -0.308. The lowest BCUT2D eigenvalue weighted by atomic mass is 9.83. The van der Waals surface area contributed by atoms with Crippen LogP contribution in [0.3, 0.4) is 0 Å². The van der Waals surface area contributed by atoms with E-state index < -0.39 is 84.8 Å². The maximum atomic E-state index is 12.1. The number of ether oxygens (including phenoxy) is 4. The van der Waals surface area contributed by atoms with Gasteiger partial charge >= 0.3 is 11.9 Å². The van der Waals surface area contributed by atoms with Gasteiger partial charge in [-0.2, -0.15) is 0 Å². The molecule has 0 spiro atoms. The third kappa shape index (κ3) is 12.5. The number of rotatable bonds is 11. The van der Waals surface area contributed by atoms with Gasteiger partial charge in [-0.25, -0.2) is 9.59 Å². The Morgan fingerprint density at radius 1 is 0.918 bits per heavy atom. The summed E-state index contributed by atoms with van der Waals surface area (Å²) in [7, 11) is 3.24. The molecule has 3 rings (SSSR count). The Morgan fingerprint density at radius 3 is 1.98 bits per heavy atom. The molecule has 0 radical (unpaired) electrons. The Hall–Kier alpha value is -3.27. The lowest BCUT2D eigenvalue weighted by Gasteiger charge is -2.49. The van der Waals surface area contributed by atoms with Gasteiger partial charge in [0.05, 0.1) is 30.8 Å². The SMILES string of the molecule is CN[C@@H]1[C@@H](O)[C@@H](O[C@@H]2[C@@H](O)[C@H](O[C@H]3O[C@H](CN(C)C(C)=O)CC[C@H]3NC(C)=O)[C@@H](NC(C)=O)C[C@H]2N)OC[C@]1(C)O.O=C(O)/C=C\C(=O)O. The van der Waals surface area contributed by atoms with E-state index in [2.05, 4.69) is 16.0 Å². The van der Waals surface area contributed by atoms with Gasteiger partial charge in [0, 0.05) is 52.6 Å². The van der Waals surface area contributed by atoms with Crippen molar-refractivity contribution in [1.29, 1.82) is 0 Å². The molecule has 1 aliphatic carbocycles. The van der Waals surface area contributed by atoms with E-state index >= 15 is 0 Å². The minimum atomic E-state index is -1.41. The van der Waals surface area contributed by atoms with Gasteiger partial charge in [-0.05, 0) is 33.2 Å². The number of hydrogen-bond donors (Lipinski definition) is 9. The topological polar surface area (TPSA) is 289 Å². The monoisotopic (exact) mass is 705 g/mol. The van der Waals surface area contributed by atoms with Gasteiger partial charge in [0.1, 0.15) is 30.0 Å². The van der Waals surface area contributed by atoms with E-state index in [9.17, 15) is 39.3 Å². The average molecular weight is 706 g/mol. The summed E-state index contributed by atoms with van der Waals surface area (Å²) in [5, 5.41) is 57.0. The third-order valence-electron chi connectivity index (χ3n) is 8.36. The number of nitrogens with two attached hydrogens (primary N) is 1. The number of nitrogens with zero attached hydrogens (tertiary/aromatic N) is 1. The predicted molar refractivity (Wildman–Crippen MR) is 168 cm³/mol. The van der Waals surface area contributed by atoms with E-state index in [-0.39, 0.29) is 30.7 Å². The zero-order valence-corrected chi connectivity index (χ0v) is 28.5. The smallest absolute Gasteiger partial charge is 0.328 e. The summed E-state index contributed by atoms with van der Waals surface area (Å²) >= 11 is 0. The first-order valence-corrected chi connectivity index (χ1v) is 15.8. The Kier molecular flexibility index (Phi) is 15.9. The van der Waals surface area contributed by atoms with Crippen molar-refractivity contribution in [1.82, 2.24) is 20.9 Å². The highest BCUT2D eigenvalue weighted by Gasteiger charge is 2.51. The molecule has 3 fully saturated rings. The Labute approximate surface area is 284 Å². The summed E-state index contributed by atoms with van der Waals surface area (Å²) < 4.78 is 24.1. The highest BCUT2D eigenvalue weighted by molar-refractivity contribution is 5.89. The maximum absolute atomic E-state index is 12.1. The van der Waals surface area contributed by atoms with Gasteiger partial charge in [0.25, 0.3) is 0 Å². The fourth-order valence-corrected chi connectivity index (χ4v) is 5.97. The minimum absolute atomic E-state index is 0.133. The quantitative estimate of drug-likeness (QED) is 0.0947. The lowest BCUT2D eigenvalue weighted by Crippen LogP contribution is -2.69. The number of aliphatic carboxylic acids is 2. The second kappa shape index (κ2) is 18.6. The molecule has 0 aromatic heterocycles. The molecule has 0 unspecified atom stereocenters. The van der Waals surface area contributed by atoms with Gasteiger partial charge < -0.3 is 71.1 Å². The fraction of sp³-hybridized carbons (Fsp3) is 0.767. The van der Waals surface area contributed by atoms with Gasteiger partial charge in [0.2, 0.25) is 17.7 Å². The van der Waals surface area contributed by atoms with Crippen LogP contribution in [0.2, 0.25) is 0 Å². The van der Waals surface area contributed by atoms with Crippen molar-refractivity contribution in [3.63, 3.8) is 0 Å².